The number of hydrogen-bond acceptors (Lipinski definition) is 3. The number of esters is 1. The smallest absolute Gasteiger partial charge is 0.306 e. The van der Waals surface area contributed by atoms with Crippen LogP contribution in [0.25, 0.3) is 21.5 Å². The summed E-state index contributed by atoms with van der Waals surface area (Å²) in [5, 5.41) is 5.02. The molecule has 220 valence electrons. The van der Waals surface area contributed by atoms with Crippen molar-refractivity contribution in [2.24, 2.45) is 0 Å². The largest absolute Gasteiger partial charge is 0.493 e. The van der Waals surface area contributed by atoms with Crippen molar-refractivity contribution in [3.8, 4) is 5.75 Å². The molecule has 0 aliphatic heterocycles. The van der Waals surface area contributed by atoms with Crippen LogP contribution in [0.15, 0.2) is 54.6 Å². The van der Waals surface area contributed by atoms with E-state index in [-0.39, 0.29) is 11.6 Å². The van der Waals surface area contributed by atoms with Crippen molar-refractivity contribution >= 4 is 27.5 Å². The summed E-state index contributed by atoms with van der Waals surface area (Å²) in [4.78, 5) is 11.7. The zero-order valence-electron chi connectivity index (χ0n) is 25.6. The van der Waals surface area contributed by atoms with Crippen LogP contribution in [0.4, 0.5) is 0 Å². The Labute approximate surface area is 244 Å². The van der Waals surface area contributed by atoms with Gasteiger partial charge >= 0.3 is 5.97 Å². The van der Waals surface area contributed by atoms with Crippen LogP contribution in [0, 0.1) is 0 Å². The summed E-state index contributed by atoms with van der Waals surface area (Å²) in [5.74, 6) is 0.961. The molecule has 0 heterocycles. The lowest BCUT2D eigenvalue weighted by molar-refractivity contribution is -0.154. The van der Waals surface area contributed by atoms with Crippen LogP contribution in [0.3, 0.4) is 0 Å². The van der Waals surface area contributed by atoms with Gasteiger partial charge in [-0.2, -0.15) is 0 Å². The van der Waals surface area contributed by atoms with E-state index >= 15 is 0 Å². The molecule has 0 aromatic heterocycles. The van der Waals surface area contributed by atoms with E-state index < -0.39 is 0 Å². The van der Waals surface area contributed by atoms with Gasteiger partial charge in [0.25, 0.3) is 0 Å². The molecule has 0 bridgehead atoms. The molecule has 40 heavy (non-hydrogen) atoms. The monoisotopic (exact) mass is 546 g/mol. The Balaban J connectivity index is 1.09. The van der Waals surface area contributed by atoms with E-state index in [4.69, 9.17) is 9.47 Å². The summed E-state index contributed by atoms with van der Waals surface area (Å²) >= 11 is 0. The van der Waals surface area contributed by atoms with E-state index in [9.17, 15) is 4.79 Å². The van der Waals surface area contributed by atoms with Crippen LogP contribution < -0.4 is 4.74 Å². The number of hydrogen-bond donors (Lipinski definition) is 0. The summed E-state index contributed by atoms with van der Waals surface area (Å²) < 4.78 is 11.6. The first-order valence-corrected chi connectivity index (χ1v) is 16.2. The molecule has 0 aliphatic carbocycles. The van der Waals surface area contributed by atoms with Crippen molar-refractivity contribution in [2.45, 2.75) is 136 Å². The maximum atomic E-state index is 11.7. The number of fused-ring (bicyclic) bond motifs is 2. The van der Waals surface area contributed by atoms with Gasteiger partial charge in [-0.05, 0) is 68.0 Å². The highest BCUT2D eigenvalue weighted by atomic mass is 16.6. The molecular formula is C37H54O3. The topological polar surface area (TPSA) is 35.5 Å². The third-order valence-electron chi connectivity index (χ3n) is 7.66. The molecule has 0 spiro atoms. The average molecular weight is 547 g/mol. The van der Waals surface area contributed by atoms with E-state index in [1.807, 2.05) is 20.8 Å². The van der Waals surface area contributed by atoms with Crippen LogP contribution in [0.1, 0.15) is 130 Å². The van der Waals surface area contributed by atoms with Crippen molar-refractivity contribution in [2.75, 3.05) is 6.61 Å². The van der Waals surface area contributed by atoms with Crippen molar-refractivity contribution < 1.29 is 14.3 Å². The van der Waals surface area contributed by atoms with Crippen molar-refractivity contribution in [1.82, 2.24) is 0 Å². The zero-order chi connectivity index (χ0) is 28.5. The summed E-state index contributed by atoms with van der Waals surface area (Å²) in [6.07, 6.45) is 21.3. The molecular weight excluding hydrogens is 492 g/mol. The number of ether oxygens (including phenoxy) is 2. The van der Waals surface area contributed by atoms with Crippen molar-refractivity contribution in [1.29, 1.82) is 0 Å². The van der Waals surface area contributed by atoms with Gasteiger partial charge in [-0.25, -0.2) is 0 Å². The molecule has 3 rings (SSSR count). The minimum absolute atomic E-state index is 0.0519. The maximum Gasteiger partial charge on any atom is 0.306 e. The van der Waals surface area contributed by atoms with E-state index in [1.165, 1.54) is 105 Å². The molecule has 0 N–H and O–H groups in total. The summed E-state index contributed by atoms with van der Waals surface area (Å²) in [6, 6.07) is 19.5. The molecule has 0 unspecified atom stereocenters. The highest BCUT2D eigenvalue weighted by Gasteiger charge is 2.15. The third-order valence-corrected chi connectivity index (χ3v) is 7.66. The van der Waals surface area contributed by atoms with Gasteiger partial charge in [0.1, 0.15) is 11.4 Å². The number of rotatable bonds is 20. The van der Waals surface area contributed by atoms with E-state index in [0.29, 0.717) is 6.42 Å². The van der Waals surface area contributed by atoms with Gasteiger partial charge in [0.05, 0.1) is 6.61 Å². The zero-order valence-corrected chi connectivity index (χ0v) is 25.6. The lowest BCUT2D eigenvalue weighted by atomic mass is 10.0. The quantitative estimate of drug-likeness (QED) is 0.0803. The van der Waals surface area contributed by atoms with Crippen LogP contribution in [-0.4, -0.2) is 18.2 Å². The third kappa shape index (κ3) is 12.7. The fraction of sp³-hybridized carbons (Fsp3) is 0.595. The van der Waals surface area contributed by atoms with E-state index in [2.05, 4.69) is 54.6 Å². The Morgan fingerprint density at radius 3 is 1.60 bits per heavy atom. The molecule has 0 saturated heterocycles. The fourth-order valence-corrected chi connectivity index (χ4v) is 5.48. The number of unbranched alkanes of at least 4 members (excludes halogenated alkanes) is 15. The minimum Gasteiger partial charge on any atom is -0.493 e. The molecule has 0 radical (unpaired) electrons. The molecule has 0 amide bonds. The van der Waals surface area contributed by atoms with Crippen LogP contribution in [0.5, 0.6) is 5.75 Å². The molecule has 0 fully saturated rings. The average Bonchev–Trinajstić information content (AvgIpc) is 2.92. The second-order valence-electron chi connectivity index (χ2n) is 12.5. The normalized spacial score (nSPS) is 11.8. The van der Waals surface area contributed by atoms with Gasteiger partial charge in [0.2, 0.25) is 0 Å². The predicted octanol–water partition coefficient (Wildman–Crippen LogP) is 11.3. The molecule has 0 atom stereocenters. The number of carbonyl (C=O) groups is 1. The van der Waals surface area contributed by atoms with Gasteiger partial charge in [0, 0.05) is 11.8 Å². The second kappa shape index (κ2) is 18.0. The number of carbonyl (C=O) groups excluding carboxylic acids is 1. The van der Waals surface area contributed by atoms with Gasteiger partial charge < -0.3 is 9.47 Å². The molecule has 3 heteroatoms. The summed E-state index contributed by atoms with van der Waals surface area (Å²) in [7, 11) is 0. The summed E-state index contributed by atoms with van der Waals surface area (Å²) in [5.41, 5.74) is -0.358. The first-order chi connectivity index (χ1) is 19.4. The van der Waals surface area contributed by atoms with E-state index in [0.717, 1.165) is 31.6 Å². The van der Waals surface area contributed by atoms with Gasteiger partial charge in [-0.3, -0.25) is 4.79 Å². The van der Waals surface area contributed by atoms with Crippen LogP contribution in [0.2, 0.25) is 0 Å². The first kappa shape index (κ1) is 32.0. The maximum absolute atomic E-state index is 11.7. The Kier molecular flexibility index (Phi) is 14.4. The van der Waals surface area contributed by atoms with Gasteiger partial charge in [-0.15, -0.1) is 0 Å². The molecule has 3 aromatic rings. The lowest BCUT2D eigenvalue weighted by Gasteiger charge is -2.19. The van der Waals surface area contributed by atoms with Crippen LogP contribution in [-0.2, 0) is 9.53 Å². The Morgan fingerprint density at radius 2 is 1.05 bits per heavy atom. The molecule has 3 aromatic carbocycles. The fourth-order valence-electron chi connectivity index (χ4n) is 5.48. The standard InChI is InChI=1S/C37H54O3/c1-37(2,3)40-36(38)27-18-16-14-12-10-8-6-4-5-7-9-11-13-15-17-21-28-39-35-26-22-25-33-29-31-23-19-20-24-32(31)30-34(33)35/h19-20,22-26,29-30H,4-18,21,27-28H2,1-3H3. The number of benzene rings is 3. The van der Waals surface area contributed by atoms with Crippen molar-refractivity contribution in [3.63, 3.8) is 0 Å². The molecule has 0 saturated carbocycles. The Morgan fingerprint density at radius 1 is 0.575 bits per heavy atom. The van der Waals surface area contributed by atoms with Crippen LogP contribution >= 0.6 is 0 Å². The Hall–Kier alpha value is -2.55. The van der Waals surface area contributed by atoms with Crippen molar-refractivity contribution in [3.05, 3.63) is 54.6 Å². The predicted molar refractivity (Wildman–Crippen MR) is 171 cm³/mol. The molecule has 0 aliphatic rings. The summed E-state index contributed by atoms with van der Waals surface area (Å²) in [6.45, 7) is 6.59. The van der Waals surface area contributed by atoms with E-state index in [1.54, 1.807) is 0 Å². The Bertz CT molecular complexity index is 1130. The first-order valence-electron chi connectivity index (χ1n) is 16.2. The highest BCUT2D eigenvalue weighted by Crippen LogP contribution is 2.30. The second-order valence-corrected chi connectivity index (χ2v) is 12.5. The van der Waals surface area contributed by atoms with Gasteiger partial charge in [-0.1, -0.05) is 126 Å². The minimum atomic E-state index is -0.358. The van der Waals surface area contributed by atoms with Gasteiger partial charge in [0.15, 0.2) is 0 Å². The molecule has 3 nitrogen and oxygen atoms in total. The highest BCUT2D eigenvalue weighted by molar-refractivity contribution is 6.00. The SMILES string of the molecule is CC(C)(C)OC(=O)CCCCCCCCCCCCCCCCCCOc1cccc2cc3ccccc3cc12. The lowest BCUT2D eigenvalue weighted by Crippen LogP contribution is -2.23.